The molecule has 1 aromatic heterocycles. The fraction of sp³-hybridized carbons (Fsp3) is 0.500. The first-order chi connectivity index (χ1) is 6.86. The van der Waals surface area contributed by atoms with Crippen LogP contribution in [0.15, 0.2) is 34.5 Å². The number of allylic oxidation sites excluding steroid dienone is 1. The number of rotatable bonds is 3. The van der Waals surface area contributed by atoms with Gasteiger partial charge in [0.05, 0.1) is 6.26 Å². The molecule has 0 aliphatic heterocycles. The van der Waals surface area contributed by atoms with Gasteiger partial charge in [-0.15, -0.1) is 0 Å². The molecule has 1 aliphatic rings. The van der Waals surface area contributed by atoms with Crippen molar-refractivity contribution >= 4 is 0 Å². The van der Waals surface area contributed by atoms with E-state index in [9.17, 15) is 5.11 Å². The molecular weight excluding hydrogens is 176 g/mol. The molecule has 2 heteroatoms. The van der Waals surface area contributed by atoms with Crippen LogP contribution in [0.2, 0.25) is 0 Å². The topological polar surface area (TPSA) is 33.4 Å². The van der Waals surface area contributed by atoms with Crippen molar-refractivity contribution in [1.82, 2.24) is 0 Å². The van der Waals surface area contributed by atoms with E-state index in [0.29, 0.717) is 5.76 Å². The molecule has 0 fully saturated rings. The summed E-state index contributed by atoms with van der Waals surface area (Å²) in [6, 6.07) is 3.64. The quantitative estimate of drug-likeness (QED) is 0.746. The SMILES string of the molecule is OC(CC1=CCCCC1)c1ccco1. The van der Waals surface area contributed by atoms with Crippen LogP contribution in [-0.4, -0.2) is 5.11 Å². The molecule has 0 saturated carbocycles. The number of aliphatic hydroxyl groups excluding tert-OH is 1. The van der Waals surface area contributed by atoms with E-state index >= 15 is 0 Å². The van der Waals surface area contributed by atoms with E-state index in [1.165, 1.54) is 24.8 Å². The van der Waals surface area contributed by atoms with Gasteiger partial charge < -0.3 is 9.52 Å². The summed E-state index contributed by atoms with van der Waals surface area (Å²) in [6.45, 7) is 0. The van der Waals surface area contributed by atoms with Crippen LogP contribution >= 0.6 is 0 Å². The van der Waals surface area contributed by atoms with Crippen molar-refractivity contribution in [2.24, 2.45) is 0 Å². The van der Waals surface area contributed by atoms with Crippen molar-refractivity contribution in [2.45, 2.75) is 38.2 Å². The normalized spacial score (nSPS) is 19.1. The third-order valence-electron chi connectivity index (χ3n) is 2.71. The Labute approximate surface area is 84.2 Å². The van der Waals surface area contributed by atoms with E-state index in [-0.39, 0.29) is 0 Å². The predicted octanol–water partition coefficient (Wildman–Crippen LogP) is 3.20. The summed E-state index contributed by atoms with van der Waals surface area (Å²) in [6.07, 6.45) is 8.99. The second-order valence-electron chi connectivity index (χ2n) is 3.84. The van der Waals surface area contributed by atoms with Crippen LogP contribution in [-0.2, 0) is 0 Å². The second kappa shape index (κ2) is 4.47. The molecule has 76 valence electrons. The molecule has 1 N–H and O–H groups in total. The fourth-order valence-corrected chi connectivity index (χ4v) is 1.92. The van der Waals surface area contributed by atoms with Crippen molar-refractivity contribution < 1.29 is 9.52 Å². The van der Waals surface area contributed by atoms with Gasteiger partial charge in [-0.2, -0.15) is 0 Å². The zero-order chi connectivity index (χ0) is 9.80. The summed E-state index contributed by atoms with van der Waals surface area (Å²) in [5.74, 6) is 0.677. The van der Waals surface area contributed by atoms with Gasteiger partial charge in [0.15, 0.2) is 0 Å². The summed E-state index contributed by atoms with van der Waals surface area (Å²) < 4.78 is 5.16. The lowest BCUT2D eigenvalue weighted by Crippen LogP contribution is -2.00. The number of furan rings is 1. The van der Waals surface area contributed by atoms with Gasteiger partial charge in [0.2, 0.25) is 0 Å². The van der Waals surface area contributed by atoms with Gasteiger partial charge in [-0.05, 0) is 37.8 Å². The minimum atomic E-state index is -0.464. The molecule has 1 aliphatic carbocycles. The lowest BCUT2D eigenvalue weighted by Gasteiger charge is -2.15. The third kappa shape index (κ3) is 2.26. The molecule has 0 saturated heterocycles. The first-order valence-corrected chi connectivity index (χ1v) is 5.25. The highest BCUT2D eigenvalue weighted by atomic mass is 16.4. The Balaban J connectivity index is 1.94. The maximum absolute atomic E-state index is 9.83. The molecular formula is C12H16O2. The smallest absolute Gasteiger partial charge is 0.132 e. The number of hydrogen-bond donors (Lipinski definition) is 1. The summed E-state index contributed by atoms with van der Waals surface area (Å²) >= 11 is 0. The highest BCUT2D eigenvalue weighted by molar-refractivity contribution is 5.11. The van der Waals surface area contributed by atoms with Crippen LogP contribution in [0.5, 0.6) is 0 Å². The van der Waals surface area contributed by atoms with Crippen LogP contribution in [0.25, 0.3) is 0 Å². The molecule has 0 aromatic carbocycles. The van der Waals surface area contributed by atoms with Crippen molar-refractivity contribution in [2.75, 3.05) is 0 Å². The van der Waals surface area contributed by atoms with Crippen LogP contribution in [0.3, 0.4) is 0 Å². The average molecular weight is 192 g/mol. The van der Waals surface area contributed by atoms with Gasteiger partial charge in [0.25, 0.3) is 0 Å². The van der Waals surface area contributed by atoms with Crippen molar-refractivity contribution in [1.29, 1.82) is 0 Å². The summed E-state index contributed by atoms with van der Waals surface area (Å²) in [7, 11) is 0. The summed E-state index contributed by atoms with van der Waals surface area (Å²) in [5, 5.41) is 9.83. The molecule has 1 atom stereocenters. The van der Waals surface area contributed by atoms with Crippen LogP contribution in [0.4, 0.5) is 0 Å². The van der Waals surface area contributed by atoms with Gasteiger partial charge >= 0.3 is 0 Å². The maximum Gasteiger partial charge on any atom is 0.132 e. The Morgan fingerprint density at radius 2 is 2.36 bits per heavy atom. The molecule has 1 aromatic rings. The fourth-order valence-electron chi connectivity index (χ4n) is 1.92. The van der Waals surface area contributed by atoms with Crippen molar-refractivity contribution in [3.8, 4) is 0 Å². The summed E-state index contributed by atoms with van der Waals surface area (Å²) in [4.78, 5) is 0. The Kier molecular flexibility index (Phi) is 3.04. The van der Waals surface area contributed by atoms with E-state index in [1.54, 1.807) is 6.26 Å². The lowest BCUT2D eigenvalue weighted by molar-refractivity contribution is 0.148. The molecule has 14 heavy (non-hydrogen) atoms. The molecule has 0 amide bonds. The van der Waals surface area contributed by atoms with Gasteiger partial charge in [-0.25, -0.2) is 0 Å². The molecule has 1 unspecified atom stereocenters. The average Bonchev–Trinajstić information content (AvgIpc) is 2.72. The van der Waals surface area contributed by atoms with Crippen LogP contribution < -0.4 is 0 Å². The third-order valence-corrected chi connectivity index (χ3v) is 2.71. The highest BCUT2D eigenvalue weighted by Crippen LogP contribution is 2.27. The van der Waals surface area contributed by atoms with Crippen molar-refractivity contribution in [3.05, 3.63) is 35.8 Å². The van der Waals surface area contributed by atoms with E-state index in [1.807, 2.05) is 12.1 Å². The minimum Gasteiger partial charge on any atom is -0.467 e. The predicted molar refractivity (Wildman–Crippen MR) is 54.8 cm³/mol. The van der Waals surface area contributed by atoms with Gasteiger partial charge in [0, 0.05) is 6.42 Å². The zero-order valence-corrected chi connectivity index (χ0v) is 8.28. The van der Waals surface area contributed by atoms with Gasteiger partial charge in [-0.1, -0.05) is 11.6 Å². The number of hydrogen-bond acceptors (Lipinski definition) is 2. The van der Waals surface area contributed by atoms with E-state index < -0.39 is 6.10 Å². The van der Waals surface area contributed by atoms with Crippen LogP contribution in [0.1, 0.15) is 44.0 Å². The molecule has 0 spiro atoms. The van der Waals surface area contributed by atoms with Gasteiger partial charge in [-0.3, -0.25) is 0 Å². The highest BCUT2D eigenvalue weighted by Gasteiger charge is 2.13. The summed E-state index contributed by atoms with van der Waals surface area (Å²) in [5.41, 5.74) is 1.38. The number of aliphatic hydroxyl groups is 1. The lowest BCUT2D eigenvalue weighted by atomic mass is 9.94. The Morgan fingerprint density at radius 1 is 1.43 bits per heavy atom. The Hall–Kier alpha value is -1.02. The first-order valence-electron chi connectivity index (χ1n) is 5.25. The van der Waals surface area contributed by atoms with E-state index in [4.69, 9.17) is 4.42 Å². The molecule has 0 radical (unpaired) electrons. The zero-order valence-electron chi connectivity index (χ0n) is 8.28. The standard InChI is InChI=1S/C12H16O2/c13-11(12-7-4-8-14-12)9-10-5-2-1-3-6-10/h4-5,7-8,11,13H,1-3,6,9H2. The first kappa shape index (κ1) is 9.53. The minimum absolute atomic E-state index is 0.464. The Bertz CT molecular complexity index is 298. The monoisotopic (exact) mass is 192 g/mol. The van der Waals surface area contributed by atoms with Crippen LogP contribution in [0, 0.1) is 0 Å². The van der Waals surface area contributed by atoms with E-state index in [2.05, 4.69) is 6.08 Å². The molecule has 2 rings (SSSR count). The van der Waals surface area contributed by atoms with Crippen molar-refractivity contribution in [3.63, 3.8) is 0 Å². The van der Waals surface area contributed by atoms with E-state index in [0.717, 1.165) is 12.8 Å². The Morgan fingerprint density at radius 3 is 3.00 bits per heavy atom. The molecule has 0 bridgehead atoms. The second-order valence-corrected chi connectivity index (χ2v) is 3.84. The largest absolute Gasteiger partial charge is 0.467 e. The van der Waals surface area contributed by atoms with Gasteiger partial charge in [0.1, 0.15) is 11.9 Å². The molecule has 2 nitrogen and oxygen atoms in total. The maximum atomic E-state index is 9.83. The molecule has 1 heterocycles.